The fourth-order valence-electron chi connectivity index (χ4n) is 5.43. The van der Waals surface area contributed by atoms with E-state index in [4.69, 9.17) is 9.47 Å². The fraction of sp³-hybridized carbons (Fsp3) is 0.323. The van der Waals surface area contributed by atoms with Crippen molar-refractivity contribution in [2.75, 3.05) is 13.7 Å². The molecule has 1 aliphatic heterocycles. The number of methoxy groups -OCH3 is 1. The highest BCUT2D eigenvalue weighted by Crippen LogP contribution is 2.43. The number of hydrogen-bond acceptors (Lipinski definition) is 4. The number of alkyl halides is 1. The molecule has 0 aliphatic carbocycles. The number of hydrogen-bond donors (Lipinski definition) is 1. The molecule has 0 fully saturated rings. The number of para-hydroxylation sites is 1. The minimum Gasteiger partial charge on any atom is -0.489 e. The third kappa shape index (κ3) is 5.39. The standard InChI is InChI=1S/C31H31F3N2O3/c1-18-13-23-22-7-5-6-8-26(22)35-28(23)29(36(18)17-31(2,3)34)27-24(32)14-21(15-25(27)33)39-16-19-9-11-20(12-10-19)30(37)38-4/h5-12,14-15,18,29,35H,13,16-17H2,1-4H3/t18-,29-/m1/s1. The van der Waals surface area contributed by atoms with Crippen LogP contribution in [0.15, 0.2) is 60.7 Å². The zero-order chi connectivity index (χ0) is 27.9. The van der Waals surface area contributed by atoms with Crippen molar-refractivity contribution in [1.82, 2.24) is 9.88 Å². The van der Waals surface area contributed by atoms with E-state index in [1.807, 2.05) is 36.1 Å². The summed E-state index contributed by atoms with van der Waals surface area (Å²) in [6, 6.07) is 15.7. The predicted molar refractivity (Wildman–Crippen MR) is 144 cm³/mol. The van der Waals surface area contributed by atoms with E-state index in [9.17, 15) is 9.18 Å². The van der Waals surface area contributed by atoms with E-state index in [0.29, 0.717) is 23.2 Å². The lowest BCUT2D eigenvalue weighted by molar-refractivity contribution is 0.0600. The first-order chi connectivity index (χ1) is 18.6. The largest absolute Gasteiger partial charge is 0.489 e. The van der Waals surface area contributed by atoms with E-state index in [1.165, 1.54) is 33.1 Å². The van der Waals surface area contributed by atoms with Crippen LogP contribution in [0, 0.1) is 11.6 Å². The molecule has 1 aliphatic rings. The number of nitrogens with zero attached hydrogens (tertiary/aromatic N) is 1. The summed E-state index contributed by atoms with van der Waals surface area (Å²) >= 11 is 0. The Morgan fingerprint density at radius 2 is 1.74 bits per heavy atom. The topological polar surface area (TPSA) is 54.6 Å². The number of halogens is 3. The van der Waals surface area contributed by atoms with Gasteiger partial charge in [0, 0.05) is 46.9 Å². The number of esters is 1. The molecule has 0 unspecified atom stereocenters. The molecule has 0 saturated heterocycles. The molecule has 0 amide bonds. The van der Waals surface area contributed by atoms with Crippen LogP contribution in [0.25, 0.3) is 10.9 Å². The molecule has 1 N–H and O–H groups in total. The predicted octanol–water partition coefficient (Wildman–Crippen LogP) is 6.90. The maximum atomic E-state index is 15.8. The number of ether oxygens (including phenoxy) is 2. The number of H-pyrrole nitrogens is 1. The van der Waals surface area contributed by atoms with Crippen LogP contribution < -0.4 is 4.74 Å². The molecule has 39 heavy (non-hydrogen) atoms. The van der Waals surface area contributed by atoms with Crippen molar-refractivity contribution in [1.29, 1.82) is 0 Å². The van der Waals surface area contributed by atoms with E-state index in [1.54, 1.807) is 24.3 Å². The van der Waals surface area contributed by atoms with Gasteiger partial charge in [-0.3, -0.25) is 4.90 Å². The Morgan fingerprint density at radius 3 is 2.38 bits per heavy atom. The van der Waals surface area contributed by atoms with Crippen LogP contribution in [0.3, 0.4) is 0 Å². The minimum absolute atomic E-state index is 0.00629. The summed E-state index contributed by atoms with van der Waals surface area (Å²) in [6.07, 6.45) is 0.630. The maximum absolute atomic E-state index is 15.8. The Balaban J connectivity index is 1.49. The first-order valence-electron chi connectivity index (χ1n) is 12.9. The van der Waals surface area contributed by atoms with E-state index in [0.717, 1.165) is 16.5 Å². The summed E-state index contributed by atoms with van der Waals surface area (Å²) in [7, 11) is 1.30. The molecule has 0 bridgehead atoms. The van der Waals surface area contributed by atoms with Gasteiger partial charge in [0.1, 0.15) is 29.7 Å². The van der Waals surface area contributed by atoms with Crippen LogP contribution >= 0.6 is 0 Å². The average Bonchev–Trinajstić information content (AvgIpc) is 3.26. The molecule has 5 rings (SSSR count). The highest BCUT2D eigenvalue weighted by atomic mass is 19.1. The molecule has 8 heteroatoms. The molecule has 0 saturated carbocycles. The van der Waals surface area contributed by atoms with Gasteiger partial charge in [-0.2, -0.15) is 0 Å². The number of carbonyl (C=O) groups excluding carboxylic acids is 1. The highest BCUT2D eigenvalue weighted by molar-refractivity contribution is 5.89. The van der Waals surface area contributed by atoms with E-state index in [-0.39, 0.29) is 30.5 Å². The molecule has 3 aromatic carbocycles. The number of rotatable bonds is 7. The molecule has 2 atom stereocenters. The molecule has 1 aromatic heterocycles. The van der Waals surface area contributed by atoms with Gasteiger partial charge in [0.05, 0.1) is 18.7 Å². The van der Waals surface area contributed by atoms with Crippen LogP contribution in [0.4, 0.5) is 13.2 Å². The second-order valence-corrected chi connectivity index (χ2v) is 10.7. The number of aromatic amines is 1. The summed E-state index contributed by atoms with van der Waals surface area (Å²) in [5, 5.41) is 1.00. The molecule has 204 valence electrons. The van der Waals surface area contributed by atoms with Gasteiger partial charge in [0.25, 0.3) is 0 Å². The zero-order valence-electron chi connectivity index (χ0n) is 22.4. The lowest BCUT2D eigenvalue weighted by Crippen LogP contribution is -2.48. The molecule has 0 spiro atoms. The fourth-order valence-corrected chi connectivity index (χ4v) is 5.43. The van der Waals surface area contributed by atoms with Crippen molar-refractivity contribution < 1.29 is 27.4 Å². The van der Waals surface area contributed by atoms with Gasteiger partial charge in [0.15, 0.2) is 0 Å². The molecule has 4 aromatic rings. The quantitative estimate of drug-likeness (QED) is 0.261. The zero-order valence-corrected chi connectivity index (χ0v) is 22.4. The summed E-state index contributed by atoms with van der Waals surface area (Å²) in [4.78, 5) is 16.8. The molecule has 2 heterocycles. The summed E-state index contributed by atoms with van der Waals surface area (Å²) in [5.41, 5.74) is 1.93. The van der Waals surface area contributed by atoms with Crippen molar-refractivity contribution in [3.63, 3.8) is 0 Å². The van der Waals surface area contributed by atoms with Crippen LogP contribution in [-0.2, 0) is 17.8 Å². The van der Waals surface area contributed by atoms with Crippen molar-refractivity contribution in [2.45, 2.75) is 51.6 Å². The average molecular weight is 537 g/mol. The van der Waals surface area contributed by atoms with Gasteiger partial charge in [-0.1, -0.05) is 30.3 Å². The van der Waals surface area contributed by atoms with Gasteiger partial charge in [0.2, 0.25) is 0 Å². The number of aromatic nitrogens is 1. The van der Waals surface area contributed by atoms with Crippen molar-refractivity contribution in [2.24, 2.45) is 0 Å². The van der Waals surface area contributed by atoms with Crippen LogP contribution in [0.1, 0.15) is 59.6 Å². The Hall–Kier alpha value is -3.78. The summed E-state index contributed by atoms with van der Waals surface area (Å²) in [5.74, 6) is -1.96. The maximum Gasteiger partial charge on any atom is 0.337 e. The Kier molecular flexibility index (Phi) is 7.16. The van der Waals surface area contributed by atoms with Crippen molar-refractivity contribution >= 4 is 16.9 Å². The first-order valence-corrected chi connectivity index (χ1v) is 12.9. The van der Waals surface area contributed by atoms with E-state index >= 15 is 8.78 Å². The Morgan fingerprint density at radius 1 is 1.08 bits per heavy atom. The smallest absolute Gasteiger partial charge is 0.337 e. The molecule has 0 radical (unpaired) electrons. The molecular formula is C31H31F3N2O3. The van der Waals surface area contributed by atoms with Gasteiger partial charge in [-0.15, -0.1) is 0 Å². The number of nitrogens with one attached hydrogen (secondary N) is 1. The van der Waals surface area contributed by atoms with Crippen LogP contribution in [0.5, 0.6) is 5.75 Å². The summed E-state index contributed by atoms with van der Waals surface area (Å²) < 4.78 is 56.9. The van der Waals surface area contributed by atoms with E-state index < -0.39 is 29.3 Å². The van der Waals surface area contributed by atoms with Crippen molar-refractivity contribution in [3.8, 4) is 5.75 Å². The number of benzene rings is 3. The van der Waals surface area contributed by atoms with Crippen LogP contribution in [-0.4, -0.2) is 41.2 Å². The summed E-state index contributed by atoms with van der Waals surface area (Å²) in [6.45, 7) is 4.96. The molecule has 5 nitrogen and oxygen atoms in total. The Bertz CT molecular complexity index is 1490. The second-order valence-electron chi connectivity index (χ2n) is 10.7. The van der Waals surface area contributed by atoms with E-state index in [2.05, 4.69) is 4.98 Å². The molecular weight excluding hydrogens is 505 g/mol. The second kappa shape index (κ2) is 10.4. The monoisotopic (exact) mass is 536 g/mol. The van der Waals surface area contributed by atoms with Gasteiger partial charge < -0.3 is 14.5 Å². The number of fused-ring (bicyclic) bond motifs is 3. The third-order valence-corrected chi connectivity index (χ3v) is 7.18. The Labute approximate surface area is 225 Å². The van der Waals surface area contributed by atoms with Gasteiger partial charge in [-0.25, -0.2) is 18.0 Å². The van der Waals surface area contributed by atoms with Gasteiger partial charge >= 0.3 is 5.97 Å². The third-order valence-electron chi connectivity index (χ3n) is 7.18. The number of carbonyl (C=O) groups is 1. The van der Waals surface area contributed by atoms with Crippen molar-refractivity contribution in [3.05, 3.63) is 100 Å². The minimum atomic E-state index is -1.57. The lowest BCUT2D eigenvalue weighted by atomic mass is 9.87. The lowest BCUT2D eigenvalue weighted by Gasteiger charge is -2.43. The highest BCUT2D eigenvalue weighted by Gasteiger charge is 2.41. The normalized spacial score (nSPS) is 17.7. The first kappa shape index (κ1) is 26.8. The SMILES string of the molecule is COC(=O)c1ccc(COc2cc(F)c([C@@H]3c4[nH]c5ccccc5c4C[C@@H](C)N3CC(C)(C)F)c(F)c2)cc1. The van der Waals surface area contributed by atoms with Crippen LogP contribution in [0.2, 0.25) is 0 Å². The van der Waals surface area contributed by atoms with Gasteiger partial charge in [-0.05, 0) is 56.5 Å².